The molecule has 120 valence electrons. The van der Waals surface area contributed by atoms with E-state index in [2.05, 4.69) is 9.72 Å². The molecule has 0 saturated heterocycles. The first-order valence-electron chi connectivity index (χ1n) is 6.37. The first-order chi connectivity index (χ1) is 10.2. The summed E-state index contributed by atoms with van der Waals surface area (Å²) in [4.78, 5) is 3.93. The predicted octanol–water partition coefficient (Wildman–Crippen LogP) is 3.18. The largest absolute Gasteiger partial charge is 0.572 e. The van der Waals surface area contributed by atoms with Crippen molar-refractivity contribution in [2.45, 2.75) is 26.6 Å². The van der Waals surface area contributed by atoms with Crippen LogP contribution in [0.5, 0.6) is 0 Å². The number of amidine groups is 1. The molecule has 8 heteroatoms. The van der Waals surface area contributed by atoms with Crippen molar-refractivity contribution in [3.63, 3.8) is 0 Å². The Labute approximate surface area is 126 Å². The SMILES string of the molecule is CC/C(=C\C=C(/C)OC(F)(F)F)c1cncc(N)c1C(=N)N. The molecule has 1 aromatic rings. The van der Waals surface area contributed by atoms with E-state index >= 15 is 0 Å². The second-order valence-electron chi connectivity index (χ2n) is 4.44. The number of nitrogens with one attached hydrogen (secondary N) is 1. The Balaban J connectivity index is 3.23. The van der Waals surface area contributed by atoms with Gasteiger partial charge in [-0.3, -0.25) is 10.4 Å². The van der Waals surface area contributed by atoms with Crippen molar-refractivity contribution in [2.24, 2.45) is 5.73 Å². The molecule has 0 amide bonds. The monoisotopic (exact) mass is 314 g/mol. The number of nitrogens with zero attached hydrogens (tertiary/aromatic N) is 1. The molecule has 0 saturated carbocycles. The summed E-state index contributed by atoms with van der Waals surface area (Å²) >= 11 is 0. The molecule has 0 radical (unpaired) electrons. The fourth-order valence-corrected chi connectivity index (χ4v) is 1.85. The van der Waals surface area contributed by atoms with E-state index in [0.29, 0.717) is 23.1 Å². The third-order valence-corrected chi connectivity index (χ3v) is 2.77. The Hall–Kier alpha value is -2.51. The molecule has 22 heavy (non-hydrogen) atoms. The molecule has 0 spiro atoms. The highest BCUT2D eigenvalue weighted by molar-refractivity contribution is 6.04. The van der Waals surface area contributed by atoms with Gasteiger partial charge in [0.1, 0.15) is 11.6 Å². The van der Waals surface area contributed by atoms with Gasteiger partial charge >= 0.3 is 6.36 Å². The lowest BCUT2D eigenvalue weighted by molar-refractivity contribution is -0.305. The summed E-state index contributed by atoms with van der Waals surface area (Å²) in [7, 11) is 0. The topological polar surface area (TPSA) is 98.0 Å². The Bertz CT molecular complexity index is 621. The van der Waals surface area contributed by atoms with Crippen LogP contribution in [0.1, 0.15) is 31.4 Å². The van der Waals surface area contributed by atoms with Crippen molar-refractivity contribution >= 4 is 17.1 Å². The van der Waals surface area contributed by atoms with Crippen molar-refractivity contribution in [1.82, 2.24) is 4.98 Å². The minimum Gasteiger partial charge on any atom is -0.411 e. The second-order valence-corrected chi connectivity index (χ2v) is 4.44. The van der Waals surface area contributed by atoms with E-state index in [-0.39, 0.29) is 17.3 Å². The zero-order valence-corrected chi connectivity index (χ0v) is 12.2. The van der Waals surface area contributed by atoms with E-state index < -0.39 is 6.36 Å². The van der Waals surface area contributed by atoms with Crippen molar-refractivity contribution in [2.75, 3.05) is 5.73 Å². The Morgan fingerprint density at radius 1 is 1.36 bits per heavy atom. The minimum absolute atomic E-state index is 0.233. The molecular weight excluding hydrogens is 297 g/mol. The Morgan fingerprint density at radius 2 is 2.00 bits per heavy atom. The summed E-state index contributed by atoms with van der Waals surface area (Å²) in [6.07, 6.45) is 1.24. The molecule has 1 heterocycles. The van der Waals surface area contributed by atoms with Gasteiger partial charge in [-0.05, 0) is 25.0 Å². The molecule has 1 rings (SSSR count). The van der Waals surface area contributed by atoms with Gasteiger partial charge in [0.15, 0.2) is 0 Å². The number of aromatic nitrogens is 1. The normalized spacial score (nSPS) is 13.1. The van der Waals surface area contributed by atoms with Crippen LogP contribution >= 0.6 is 0 Å². The second kappa shape index (κ2) is 6.97. The third-order valence-electron chi connectivity index (χ3n) is 2.77. The van der Waals surface area contributed by atoms with Crippen LogP contribution in [0.25, 0.3) is 5.57 Å². The summed E-state index contributed by atoms with van der Waals surface area (Å²) in [5.41, 5.74) is 12.9. The van der Waals surface area contributed by atoms with Gasteiger partial charge in [-0.1, -0.05) is 13.0 Å². The third kappa shape index (κ3) is 4.80. The summed E-state index contributed by atoms with van der Waals surface area (Å²) in [5, 5.41) is 7.57. The van der Waals surface area contributed by atoms with Crippen LogP contribution < -0.4 is 11.5 Å². The number of alkyl halides is 3. The van der Waals surface area contributed by atoms with Crippen molar-refractivity contribution in [3.05, 3.63) is 41.4 Å². The smallest absolute Gasteiger partial charge is 0.411 e. The molecule has 5 nitrogen and oxygen atoms in total. The fraction of sp³-hybridized carbons (Fsp3) is 0.286. The van der Waals surface area contributed by atoms with E-state index in [9.17, 15) is 13.2 Å². The fourth-order valence-electron chi connectivity index (χ4n) is 1.85. The van der Waals surface area contributed by atoms with Crippen LogP contribution in [0.2, 0.25) is 0 Å². The van der Waals surface area contributed by atoms with Crippen molar-refractivity contribution < 1.29 is 17.9 Å². The van der Waals surface area contributed by atoms with E-state index in [4.69, 9.17) is 16.9 Å². The number of nitrogen functional groups attached to an aromatic ring is 2. The maximum atomic E-state index is 12.1. The molecule has 0 bridgehead atoms. The maximum Gasteiger partial charge on any atom is 0.572 e. The lowest BCUT2D eigenvalue weighted by atomic mass is 9.98. The molecular formula is C14H17F3N4O. The summed E-state index contributed by atoms with van der Waals surface area (Å²) in [5.74, 6) is -0.541. The maximum absolute atomic E-state index is 12.1. The lowest BCUT2D eigenvalue weighted by Gasteiger charge is -2.12. The summed E-state index contributed by atoms with van der Waals surface area (Å²) < 4.78 is 40.1. The quantitative estimate of drug-likeness (QED) is 0.336. The number of rotatable bonds is 5. The van der Waals surface area contributed by atoms with Crippen LogP contribution in [0.4, 0.5) is 18.9 Å². The average Bonchev–Trinajstić information content (AvgIpc) is 2.36. The first kappa shape index (κ1) is 17.5. The zero-order valence-electron chi connectivity index (χ0n) is 12.2. The highest BCUT2D eigenvalue weighted by atomic mass is 19.4. The molecule has 0 aromatic carbocycles. The van der Waals surface area contributed by atoms with E-state index in [1.54, 1.807) is 0 Å². The standard InChI is InChI=1S/C14H17F3N4O/c1-3-9(5-4-8(2)22-14(15,16)17)10-6-21-7-11(18)12(10)13(19)20/h4-7H,3,18H2,1-2H3,(H3,19,20)/b8-4+,9-5+. The van der Waals surface area contributed by atoms with Crippen LogP contribution in [0.3, 0.4) is 0 Å². The number of allylic oxidation sites excluding steroid dienone is 4. The predicted molar refractivity (Wildman–Crippen MR) is 78.8 cm³/mol. The number of ether oxygens (including phenoxy) is 1. The van der Waals surface area contributed by atoms with Crippen LogP contribution in [0, 0.1) is 5.41 Å². The van der Waals surface area contributed by atoms with Gasteiger partial charge in [0.25, 0.3) is 0 Å². The van der Waals surface area contributed by atoms with Gasteiger partial charge in [-0.25, -0.2) is 0 Å². The van der Waals surface area contributed by atoms with Crippen molar-refractivity contribution in [1.29, 1.82) is 5.41 Å². The number of hydrogen-bond acceptors (Lipinski definition) is 4. The summed E-state index contributed by atoms with van der Waals surface area (Å²) in [6, 6.07) is 0. The highest BCUT2D eigenvalue weighted by Crippen LogP contribution is 2.26. The molecule has 0 atom stereocenters. The van der Waals surface area contributed by atoms with Gasteiger partial charge in [0, 0.05) is 17.3 Å². The average molecular weight is 314 g/mol. The van der Waals surface area contributed by atoms with Crippen LogP contribution in [-0.2, 0) is 4.74 Å². The molecule has 0 aliphatic carbocycles. The zero-order chi connectivity index (χ0) is 16.9. The van der Waals surface area contributed by atoms with E-state index in [1.807, 2.05) is 6.92 Å². The van der Waals surface area contributed by atoms with E-state index in [0.717, 1.165) is 0 Å². The van der Waals surface area contributed by atoms with Gasteiger partial charge in [0.2, 0.25) is 0 Å². The van der Waals surface area contributed by atoms with Crippen LogP contribution in [-0.4, -0.2) is 17.2 Å². The summed E-state index contributed by atoms with van der Waals surface area (Å²) in [6.45, 7) is 3.01. The Kier molecular flexibility index (Phi) is 5.56. The van der Waals surface area contributed by atoms with E-state index in [1.165, 1.54) is 31.5 Å². The highest BCUT2D eigenvalue weighted by Gasteiger charge is 2.30. The molecule has 0 fully saturated rings. The number of nitrogens with two attached hydrogens (primary N) is 2. The molecule has 5 N–H and O–H groups in total. The van der Waals surface area contributed by atoms with Crippen LogP contribution in [0.15, 0.2) is 30.3 Å². The minimum atomic E-state index is -4.73. The Morgan fingerprint density at radius 3 is 2.50 bits per heavy atom. The lowest BCUT2D eigenvalue weighted by Crippen LogP contribution is -2.16. The molecule has 0 unspecified atom stereocenters. The molecule has 1 aromatic heterocycles. The van der Waals surface area contributed by atoms with Gasteiger partial charge < -0.3 is 16.2 Å². The molecule has 0 aliphatic heterocycles. The number of anilines is 1. The van der Waals surface area contributed by atoms with Gasteiger partial charge in [-0.2, -0.15) is 0 Å². The number of hydrogen-bond donors (Lipinski definition) is 3. The number of pyridine rings is 1. The first-order valence-corrected chi connectivity index (χ1v) is 6.37. The van der Waals surface area contributed by atoms with Gasteiger partial charge in [0.05, 0.1) is 11.9 Å². The number of halogens is 3. The van der Waals surface area contributed by atoms with Crippen molar-refractivity contribution in [3.8, 4) is 0 Å². The van der Waals surface area contributed by atoms with Gasteiger partial charge in [-0.15, -0.1) is 13.2 Å². The molecule has 0 aliphatic rings.